The van der Waals surface area contributed by atoms with Crippen molar-refractivity contribution < 1.29 is 28.6 Å². The molecule has 31 heavy (non-hydrogen) atoms. The summed E-state index contributed by atoms with van der Waals surface area (Å²) in [6.45, 7) is 1.90. The van der Waals surface area contributed by atoms with Crippen molar-refractivity contribution in [2.45, 2.75) is 13.0 Å². The van der Waals surface area contributed by atoms with Crippen LogP contribution in [0.25, 0.3) is 5.76 Å². The molecule has 1 amide bonds. The fraction of sp³-hybridized carbons (Fsp3) is 0.125. The van der Waals surface area contributed by atoms with Crippen LogP contribution in [0.3, 0.4) is 0 Å². The average molecular weight is 417 g/mol. The van der Waals surface area contributed by atoms with Crippen LogP contribution in [0.15, 0.2) is 76.9 Å². The number of furan rings is 1. The Balaban J connectivity index is 1.90. The third-order valence-corrected chi connectivity index (χ3v) is 5.13. The molecule has 156 valence electrons. The molecular formula is C24H19NO6. The van der Waals surface area contributed by atoms with Gasteiger partial charge in [0.25, 0.3) is 11.7 Å². The summed E-state index contributed by atoms with van der Waals surface area (Å²) in [4.78, 5) is 39.2. The fourth-order valence-corrected chi connectivity index (χ4v) is 3.58. The predicted molar refractivity (Wildman–Crippen MR) is 112 cm³/mol. The highest BCUT2D eigenvalue weighted by atomic mass is 16.5. The summed E-state index contributed by atoms with van der Waals surface area (Å²) in [7, 11) is 1.26. The average Bonchev–Trinajstić information content (AvgIpc) is 3.40. The number of hydrogen-bond donors (Lipinski definition) is 1. The summed E-state index contributed by atoms with van der Waals surface area (Å²) >= 11 is 0. The van der Waals surface area contributed by atoms with E-state index in [1.54, 1.807) is 54.6 Å². The first-order valence-electron chi connectivity index (χ1n) is 9.52. The van der Waals surface area contributed by atoms with Crippen molar-refractivity contribution in [2.75, 3.05) is 12.0 Å². The highest BCUT2D eigenvalue weighted by Gasteiger charge is 2.48. The Morgan fingerprint density at radius 1 is 1.03 bits per heavy atom. The maximum atomic E-state index is 13.0. The standard InChI is InChI=1S/C24H19NO6/c1-14-8-10-15(11-9-14)21(26)19-20(18-7-4-12-31-18)25(23(28)22(19)27)17-6-3-5-16(13-17)24(29)30-2/h3-13,20,26H,1-2H3/b21-19-. The van der Waals surface area contributed by atoms with E-state index in [1.807, 2.05) is 6.92 Å². The van der Waals surface area contributed by atoms with Gasteiger partial charge in [0.15, 0.2) is 0 Å². The number of Topliss-reactive ketones (excluding diaryl/α,β-unsaturated/α-hetero) is 1. The maximum Gasteiger partial charge on any atom is 0.337 e. The molecule has 1 atom stereocenters. The highest BCUT2D eigenvalue weighted by Crippen LogP contribution is 2.42. The lowest BCUT2D eigenvalue weighted by molar-refractivity contribution is -0.132. The molecule has 1 fully saturated rings. The number of hydrogen-bond acceptors (Lipinski definition) is 6. The number of methoxy groups -OCH3 is 1. The summed E-state index contributed by atoms with van der Waals surface area (Å²) in [6.07, 6.45) is 1.42. The lowest BCUT2D eigenvalue weighted by Gasteiger charge is -2.23. The minimum atomic E-state index is -0.996. The molecule has 0 spiro atoms. The molecule has 3 aromatic rings. The summed E-state index contributed by atoms with van der Waals surface area (Å²) in [5, 5.41) is 11.0. The topological polar surface area (TPSA) is 97.0 Å². The van der Waals surface area contributed by atoms with Crippen molar-refractivity contribution in [1.29, 1.82) is 0 Å². The molecule has 1 aromatic heterocycles. The van der Waals surface area contributed by atoms with Gasteiger partial charge in [-0.3, -0.25) is 14.5 Å². The molecule has 1 saturated heterocycles. The molecule has 0 saturated carbocycles. The van der Waals surface area contributed by atoms with Crippen molar-refractivity contribution >= 4 is 29.1 Å². The van der Waals surface area contributed by atoms with Crippen molar-refractivity contribution in [3.63, 3.8) is 0 Å². The SMILES string of the molecule is COC(=O)c1cccc(N2C(=O)C(=O)/C(=C(\O)c3ccc(C)cc3)C2c2ccco2)c1. The van der Waals surface area contributed by atoms with Crippen LogP contribution in [0.1, 0.15) is 33.3 Å². The number of carbonyl (C=O) groups excluding carboxylic acids is 3. The molecule has 0 bridgehead atoms. The van der Waals surface area contributed by atoms with Crippen LogP contribution in [0.4, 0.5) is 5.69 Å². The monoisotopic (exact) mass is 417 g/mol. The lowest BCUT2D eigenvalue weighted by atomic mass is 9.98. The smallest absolute Gasteiger partial charge is 0.337 e. The molecular weight excluding hydrogens is 398 g/mol. The second-order valence-corrected chi connectivity index (χ2v) is 7.09. The van der Waals surface area contributed by atoms with Gasteiger partial charge >= 0.3 is 5.97 Å². The normalized spacial score (nSPS) is 17.7. The summed E-state index contributed by atoms with van der Waals surface area (Å²) in [5.41, 5.74) is 1.82. The molecule has 4 rings (SSSR count). The van der Waals surface area contributed by atoms with E-state index in [9.17, 15) is 19.5 Å². The van der Waals surface area contributed by atoms with Crippen molar-refractivity contribution in [3.8, 4) is 0 Å². The van der Waals surface area contributed by atoms with E-state index < -0.39 is 23.7 Å². The number of esters is 1. The van der Waals surface area contributed by atoms with Gasteiger partial charge in [0.1, 0.15) is 17.6 Å². The highest BCUT2D eigenvalue weighted by molar-refractivity contribution is 6.51. The number of carbonyl (C=O) groups is 3. The van der Waals surface area contributed by atoms with E-state index in [-0.39, 0.29) is 16.9 Å². The van der Waals surface area contributed by atoms with Gasteiger partial charge in [0, 0.05) is 11.3 Å². The quantitative estimate of drug-likeness (QED) is 0.298. The van der Waals surface area contributed by atoms with E-state index in [0.717, 1.165) is 5.56 Å². The Labute approximate surface area is 178 Å². The van der Waals surface area contributed by atoms with Gasteiger partial charge in [0.2, 0.25) is 0 Å². The predicted octanol–water partition coefficient (Wildman–Crippen LogP) is 4.00. The Morgan fingerprint density at radius 3 is 2.42 bits per heavy atom. The largest absolute Gasteiger partial charge is 0.507 e. The Morgan fingerprint density at radius 2 is 1.77 bits per heavy atom. The van der Waals surface area contributed by atoms with Crippen molar-refractivity contribution in [3.05, 3.63) is 95.0 Å². The van der Waals surface area contributed by atoms with E-state index in [1.165, 1.54) is 24.3 Å². The Hall–Kier alpha value is -4.13. The van der Waals surface area contributed by atoms with Gasteiger partial charge in [-0.05, 0) is 37.3 Å². The minimum absolute atomic E-state index is 0.0905. The molecule has 2 heterocycles. The van der Waals surface area contributed by atoms with E-state index in [4.69, 9.17) is 9.15 Å². The molecule has 7 nitrogen and oxygen atoms in total. The number of aliphatic hydroxyl groups is 1. The van der Waals surface area contributed by atoms with Crippen molar-refractivity contribution in [2.24, 2.45) is 0 Å². The second-order valence-electron chi connectivity index (χ2n) is 7.09. The number of benzene rings is 2. The molecule has 1 N–H and O–H groups in total. The van der Waals surface area contributed by atoms with Gasteiger partial charge in [-0.25, -0.2) is 4.79 Å². The Kier molecular flexibility index (Phi) is 5.17. The zero-order chi connectivity index (χ0) is 22.1. The molecule has 0 aliphatic carbocycles. The number of amides is 1. The molecule has 1 aliphatic rings. The summed E-state index contributed by atoms with van der Waals surface area (Å²) in [5.74, 6) is -2.25. The zero-order valence-electron chi connectivity index (χ0n) is 16.9. The third-order valence-electron chi connectivity index (χ3n) is 5.13. The minimum Gasteiger partial charge on any atom is -0.507 e. The van der Waals surface area contributed by atoms with Gasteiger partial charge in [0.05, 0.1) is 24.5 Å². The van der Waals surface area contributed by atoms with Crippen LogP contribution in [0, 0.1) is 6.92 Å². The lowest BCUT2D eigenvalue weighted by Crippen LogP contribution is -2.29. The maximum absolute atomic E-state index is 13.0. The van der Waals surface area contributed by atoms with Crippen LogP contribution in [0.5, 0.6) is 0 Å². The van der Waals surface area contributed by atoms with Crippen LogP contribution < -0.4 is 4.90 Å². The first kappa shape index (κ1) is 20.2. The zero-order valence-corrected chi connectivity index (χ0v) is 16.9. The second kappa shape index (κ2) is 7.95. The third kappa shape index (κ3) is 3.50. The van der Waals surface area contributed by atoms with Crippen LogP contribution in [-0.4, -0.2) is 29.9 Å². The number of anilines is 1. The number of nitrogens with zero attached hydrogens (tertiary/aromatic N) is 1. The van der Waals surface area contributed by atoms with Gasteiger partial charge < -0.3 is 14.3 Å². The van der Waals surface area contributed by atoms with Gasteiger partial charge in [-0.2, -0.15) is 0 Å². The van der Waals surface area contributed by atoms with E-state index in [2.05, 4.69) is 0 Å². The molecule has 1 aliphatic heterocycles. The summed E-state index contributed by atoms with van der Waals surface area (Å²) in [6, 6.07) is 15.4. The van der Waals surface area contributed by atoms with Gasteiger partial charge in [-0.15, -0.1) is 0 Å². The summed E-state index contributed by atoms with van der Waals surface area (Å²) < 4.78 is 10.3. The van der Waals surface area contributed by atoms with Crippen molar-refractivity contribution in [1.82, 2.24) is 0 Å². The number of aryl methyl sites for hydroxylation is 1. The number of ketones is 1. The van der Waals surface area contributed by atoms with Crippen LogP contribution in [0.2, 0.25) is 0 Å². The van der Waals surface area contributed by atoms with Crippen LogP contribution in [-0.2, 0) is 14.3 Å². The van der Waals surface area contributed by atoms with Gasteiger partial charge in [-0.1, -0.05) is 35.9 Å². The molecule has 1 unspecified atom stereocenters. The number of rotatable bonds is 4. The number of aliphatic hydroxyl groups excluding tert-OH is 1. The molecule has 2 aromatic carbocycles. The first-order chi connectivity index (χ1) is 14.9. The van der Waals surface area contributed by atoms with E-state index in [0.29, 0.717) is 17.0 Å². The fourth-order valence-electron chi connectivity index (χ4n) is 3.58. The van der Waals surface area contributed by atoms with Crippen LogP contribution >= 0.6 is 0 Å². The van der Waals surface area contributed by atoms with E-state index >= 15 is 0 Å². The molecule has 0 radical (unpaired) electrons. The Bertz CT molecular complexity index is 1190. The first-order valence-corrected chi connectivity index (χ1v) is 9.52. The number of ether oxygens (including phenoxy) is 1. The molecule has 7 heteroatoms.